The maximum Gasteiger partial charge on any atom is 0.248 e. The number of halogens is 1. The average Bonchev–Trinajstić information content (AvgIpc) is 3.15. The van der Waals surface area contributed by atoms with E-state index in [0.717, 1.165) is 11.1 Å². The highest BCUT2D eigenvalue weighted by Gasteiger charge is 2.48. The molecule has 2 saturated heterocycles. The SMILES string of the molecule is O=C(CCc1ccccc1)N=C1S[C@H]2CS(=O)(=O)C[C@H]2N1Cc1ccc(Cl)cc1. The van der Waals surface area contributed by atoms with Crippen LogP contribution in [0.5, 0.6) is 0 Å². The van der Waals surface area contributed by atoms with Crippen LogP contribution in [0.4, 0.5) is 0 Å². The summed E-state index contributed by atoms with van der Waals surface area (Å²) in [7, 11) is -3.06. The predicted octanol–water partition coefficient (Wildman–Crippen LogP) is 3.57. The summed E-state index contributed by atoms with van der Waals surface area (Å²) in [6.07, 6.45) is 0.968. The number of aryl methyl sites for hydroxylation is 1. The van der Waals surface area contributed by atoms with Crippen LogP contribution < -0.4 is 0 Å². The molecule has 2 atom stereocenters. The molecule has 0 N–H and O–H groups in total. The Balaban J connectivity index is 1.51. The second-order valence-electron chi connectivity index (χ2n) is 7.33. The van der Waals surface area contributed by atoms with Gasteiger partial charge in [-0.15, -0.1) is 0 Å². The summed E-state index contributed by atoms with van der Waals surface area (Å²) in [6.45, 7) is 0.506. The number of rotatable bonds is 5. The van der Waals surface area contributed by atoms with E-state index in [9.17, 15) is 13.2 Å². The van der Waals surface area contributed by atoms with Crippen LogP contribution >= 0.6 is 23.4 Å². The Bertz CT molecular complexity index is 1020. The van der Waals surface area contributed by atoms with Crippen molar-refractivity contribution in [1.82, 2.24) is 4.90 Å². The molecule has 0 radical (unpaired) electrons. The zero-order chi connectivity index (χ0) is 20.4. The summed E-state index contributed by atoms with van der Waals surface area (Å²) in [4.78, 5) is 18.8. The van der Waals surface area contributed by atoms with E-state index in [0.29, 0.717) is 29.6 Å². The van der Waals surface area contributed by atoms with E-state index >= 15 is 0 Å². The monoisotopic (exact) mass is 448 g/mol. The van der Waals surface area contributed by atoms with E-state index in [-0.39, 0.29) is 28.7 Å². The minimum atomic E-state index is -3.06. The number of hydrogen-bond acceptors (Lipinski definition) is 4. The Kier molecular flexibility index (Phi) is 5.99. The van der Waals surface area contributed by atoms with Crippen LogP contribution in [-0.4, -0.2) is 47.2 Å². The van der Waals surface area contributed by atoms with Gasteiger partial charge in [0.25, 0.3) is 0 Å². The van der Waals surface area contributed by atoms with Gasteiger partial charge in [-0.3, -0.25) is 4.79 Å². The molecule has 29 heavy (non-hydrogen) atoms. The van der Waals surface area contributed by atoms with Gasteiger partial charge in [0.05, 0.1) is 17.5 Å². The average molecular weight is 449 g/mol. The van der Waals surface area contributed by atoms with Crippen molar-refractivity contribution in [2.75, 3.05) is 11.5 Å². The van der Waals surface area contributed by atoms with Crippen LogP contribution in [0.25, 0.3) is 0 Å². The smallest absolute Gasteiger partial charge is 0.248 e. The van der Waals surface area contributed by atoms with Gasteiger partial charge in [-0.25, -0.2) is 8.42 Å². The van der Waals surface area contributed by atoms with E-state index < -0.39 is 9.84 Å². The molecule has 152 valence electrons. The molecule has 1 amide bonds. The first kappa shape index (κ1) is 20.4. The van der Waals surface area contributed by atoms with E-state index in [1.54, 1.807) is 0 Å². The molecule has 2 aliphatic rings. The van der Waals surface area contributed by atoms with E-state index in [2.05, 4.69) is 4.99 Å². The molecule has 0 aliphatic carbocycles. The van der Waals surface area contributed by atoms with Crippen LogP contribution in [0.1, 0.15) is 17.5 Å². The van der Waals surface area contributed by atoms with Gasteiger partial charge in [-0.05, 0) is 29.7 Å². The highest BCUT2D eigenvalue weighted by molar-refractivity contribution is 8.15. The third-order valence-corrected chi connectivity index (χ3v) is 8.63. The number of carbonyl (C=O) groups excluding carboxylic acids is 1. The van der Waals surface area contributed by atoms with Crippen molar-refractivity contribution < 1.29 is 13.2 Å². The fourth-order valence-corrected chi connectivity index (χ4v) is 7.76. The van der Waals surface area contributed by atoms with Crippen LogP contribution in [0.3, 0.4) is 0 Å². The third-order valence-electron chi connectivity index (χ3n) is 5.13. The molecule has 8 heteroatoms. The summed E-state index contributed by atoms with van der Waals surface area (Å²) in [5.74, 6) is 0.0619. The van der Waals surface area contributed by atoms with Gasteiger partial charge in [0, 0.05) is 23.2 Å². The Hall–Kier alpha value is -1.83. The maximum atomic E-state index is 12.5. The van der Waals surface area contributed by atoms with Crippen molar-refractivity contribution >= 4 is 44.3 Å². The van der Waals surface area contributed by atoms with E-state index in [4.69, 9.17) is 11.6 Å². The van der Waals surface area contributed by atoms with Gasteiger partial charge < -0.3 is 4.90 Å². The van der Waals surface area contributed by atoms with Gasteiger partial charge in [-0.2, -0.15) is 4.99 Å². The fourth-order valence-electron chi connectivity index (χ4n) is 3.67. The number of fused-ring (bicyclic) bond motifs is 1. The van der Waals surface area contributed by atoms with Gasteiger partial charge in [0.2, 0.25) is 5.91 Å². The Labute approximate surface area is 180 Å². The number of sulfone groups is 1. The summed E-state index contributed by atoms with van der Waals surface area (Å²) in [6, 6.07) is 17.1. The summed E-state index contributed by atoms with van der Waals surface area (Å²) in [5.41, 5.74) is 2.10. The Morgan fingerprint density at radius 1 is 1.07 bits per heavy atom. The standard InChI is InChI=1S/C21H21ClN2O3S2/c22-17-9-6-16(7-10-17)12-24-18-13-29(26,27)14-19(18)28-21(24)23-20(25)11-8-15-4-2-1-3-5-15/h1-7,9-10,18-19H,8,11-14H2/t18-,19+/m1/s1. The first-order chi connectivity index (χ1) is 13.9. The molecular formula is C21H21ClN2O3S2. The molecule has 0 saturated carbocycles. The van der Waals surface area contributed by atoms with Crippen LogP contribution in [-0.2, 0) is 27.6 Å². The molecule has 4 rings (SSSR count). The minimum Gasteiger partial charge on any atom is -0.342 e. The molecule has 2 heterocycles. The van der Waals surface area contributed by atoms with Gasteiger partial charge in [0.15, 0.2) is 15.0 Å². The lowest BCUT2D eigenvalue weighted by Crippen LogP contribution is -2.37. The first-order valence-corrected chi connectivity index (χ1v) is 12.5. The molecule has 0 spiro atoms. The topological polar surface area (TPSA) is 66.8 Å². The fraction of sp³-hybridized carbons (Fsp3) is 0.333. The number of carbonyl (C=O) groups is 1. The van der Waals surface area contributed by atoms with Gasteiger partial charge in [0.1, 0.15) is 0 Å². The second-order valence-corrected chi connectivity index (χ2v) is 11.1. The lowest BCUT2D eigenvalue weighted by atomic mass is 10.1. The van der Waals surface area contributed by atoms with Crippen molar-refractivity contribution in [2.24, 2.45) is 4.99 Å². The highest BCUT2D eigenvalue weighted by Crippen LogP contribution is 2.39. The molecule has 2 fully saturated rings. The number of amidine groups is 1. The molecule has 0 bridgehead atoms. The molecule has 2 aliphatic heterocycles. The normalized spacial score (nSPS) is 24.0. The van der Waals surface area contributed by atoms with Crippen LogP contribution in [0.2, 0.25) is 5.02 Å². The number of benzene rings is 2. The van der Waals surface area contributed by atoms with Crippen molar-refractivity contribution in [1.29, 1.82) is 0 Å². The molecular weight excluding hydrogens is 428 g/mol. The molecule has 0 aromatic heterocycles. The van der Waals surface area contributed by atoms with Crippen molar-refractivity contribution in [2.45, 2.75) is 30.7 Å². The molecule has 5 nitrogen and oxygen atoms in total. The van der Waals surface area contributed by atoms with Gasteiger partial charge in [-0.1, -0.05) is 65.8 Å². The Morgan fingerprint density at radius 2 is 1.79 bits per heavy atom. The second kappa shape index (κ2) is 8.50. The van der Waals surface area contributed by atoms with Crippen molar-refractivity contribution in [3.63, 3.8) is 0 Å². The number of nitrogens with zero attached hydrogens (tertiary/aromatic N) is 2. The molecule has 2 aromatic rings. The summed E-state index contributed by atoms with van der Waals surface area (Å²) >= 11 is 7.39. The predicted molar refractivity (Wildman–Crippen MR) is 118 cm³/mol. The molecule has 0 unspecified atom stereocenters. The number of hydrogen-bond donors (Lipinski definition) is 0. The number of aliphatic imine (C=N–C) groups is 1. The summed E-state index contributed by atoms with van der Waals surface area (Å²) < 4.78 is 24.2. The third kappa shape index (κ3) is 5.02. The largest absolute Gasteiger partial charge is 0.342 e. The Morgan fingerprint density at radius 3 is 2.52 bits per heavy atom. The van der Waals surface area contributed by atoms with E-state index in [1.165, 1.54) is 11.8 Å². The van der Waals surface area contributed by atoms with Crippen molar-refractivity contribution in [3.8, 4) is 0 Å². The summed E-state index contributed by atoms with van der Waals surface area (Å²) in [5, 5.41) is 1.20. The lowest BCUT2D eigenvalue weighted by molar-refractivity contribution is -0.117. The zero-order valence-corrected chi connectivity index (χ0v) is 18.1. The van der Waals surface area contributed by atoms with Crippen LogP contribution in [0.15, 0.2) is 59.6 Å². The van der Waals surface area contributed by atoms with E-state index in [1.807, 2.05) is 59.5 Å². The molecule has 2 aromatic carbocycles. The van der Waals surface area contributed by atoms with Crippen LogP contribution in [0, 0.1) is 0 Å². The first-order valence-electron chi connectivity index (χ1n) is 9.43. The van der Waals surface area contributed by atoms with Gasteiger partial charge >= 0.3 is 0 Å². The maximum absolute atomic E-state index is 12.5. The number of thioether (sulfide) groups is 1. The lowest BCUT2D eigenvalue weighted by Gasteiger charge is -2.24. The zero-order valence-electron chi connectivity index (χ0n) is 15.7. The number of amides is 1. The highest BCUT2D eigenvalue weighted by atomic mass is 35.5. The van der Waals surface area contributed by atoms with Crippen molar-refractivity contribution in [3.05, 3.63) is 70.7 Å². The minimum absolute atomic E-state index is 0.0760. The quantitative estimate of drug-likeness (QED) is 0.699.